The van der Waals surface area contributed by atoms with Crippen molar-refractivity contribution in [1.82, 2.24) is 4.98 Å². The summed E-state index contributed by atoms with van der Waals surface area (Å²) in [5.74, 6) is 0.646. The minimum absolute atomic E-state index is 0.0934. The fraction of sp³-hybridized carbons (Fsp3) is 0.312. The first-order chi connectivity index (χ1) is 9.79. The lowest BCUT2D eigenvalue weighted by Crippen LogP contribution is -2.11. The molecule has 2 aromatic rings. The van der Waals surface area contributed by atoms with Crippen molar-refractivity contribution >= 4 is 5.69 Å². The van der Waals surface area contributed by atoms with E-state index in [1.807, 2.05) is 25.1 Å². The van der Waals surface area contributed by atoms with Crippen molar-refractivity contribution in [2.75, 3.05) is 11.9 Å². The lowest BCUT2D eigenvalue weighted by Gasteiger charge is -2.17. The average Bonchev–Trinajstić information content (AvgIpc) is 2.79. The van der Waals surface area contributed by atoms with Gasteiger partial charge in [0.2, 0.25) is 5.88 Å². The molecule has 0 radical (unpaired) electrons. The highest BCUT2D eigenvalue weighted by atomic mass is 16.5. The molecule has 0 amide bonds. The van der Waals surface area contributed by atoms with Crippen LogP contribution in [-0.4, -0.2) is 11.6 Å². The minimum atomic E-state index is 0.0934. The first-order valence-corrected chi connectivity index (χ1v) is 6.98. The third-order valence-corrected chi connectivity index (χ3v) is 3.64. The molecule has 2 unspecified atom stereocenters. The summed E-state index contributed by atoms with van der Waals surface area (Å²) in [6, 6.07) is 12.5. The molecule has 1 aliphatic carbocycles. The Balaban J connectivity index is 1.86. The molecule has 1 aromatic carbocycles. The van der Waals surface area contributed by atoms with Crippen LogP contribution < -0.4 is 15.8 Å². The summed E-state index contributed by atoms with van der Waals surface area (Å²) in [6.07, 6.45) is 2.63. The molecule has 0 fully saturated rings. The second-order valence-electron chi connectivity index (χ2n) is 4.96. The van der Waals surface area contributed by atoms with E-state index in [2.05, 4.69) is 28.5 Å². The highest BCUT2D eigenvalue weighted by Gasteiger charge is 2.28. The number of ether oxygens (including phenoxy) is 1. The molecular weight excluding hydrogens is 250 g/mol. The molecule has 3 N–H and O–H groups in total. The molecule has 1 aliphatic rings. The van der Waals surface area contributed by atoms with Gasteiger partial charge in [0.15, 0.2) is 0 Å². The van der Waals surface area contributed by atoms with Crippen LogP contribution in [0.2, 0.25) is 0 Å². The fourth-order valence-electron chi connectivity index (χ4n) is 2.75. The molecule has 3 rings (SSSR count). The zero-order chi connectivity index (χ0) is 13.9. The summed E-state index contributed by atoms with van der Waals surface area (Å²) in [7, 11) is 0. The molecule has 0 saturated carbocycles. The van der Waals surface area contributed by atoms with Crippen LogP contribution in [0.25, 0.3) is 0 Å². The predicted octanol–water partition coefficient (Wildman–Crippen LogP) is 3.04. The number of hydrogen-bond donors (Lipinski definition) is 2. The van der Waals surface area contributed by atoms with Crippen molar-refractivity contribution in [3.05, 3.63) is 53.7 Å². The molecule has 104 valence electrons. The number of nitrogens with one attached hydrogen (secondary N) is 1. The SMILES string of the molecule is CCOc1ncccc1NC1CC(N)c2ccccc21. The van der Waals surface area contributed by atoms with Gasteiger partial charge >= 0.3 is 0 Å². The number of anilines is 1. The summed E-state index contributed by atoms with van der Waals surface area (Å²) in [4.78, 5) is 4.27. The maximum absolute atomic E-state index is 6.20. The molecule has 0 saturated heterocycles. The van der Waals surface area contributed by atoms with Crippen LogP contribution in [-0.2, 0) is 0 Å². The summed E-state index contributed by atoms with van der Waals surface area (Å²) >= 11 is 0. The molecule has 0 bridgehead atoms. The van der Waals surface area contributed by atoms with Crippen LogP contribution in [0.5, 0.6) is 5.88 Å². The predicted molar refractivity (Wildman–Crippen MR) is 79.8 cm³/mol. The quantitative estimate of drug-likeness (QED) is 0.895. The van der Waals surface area contributed by atoms with E-state index < -0.39 is 0 Å². The monoisotopic (exact) mass is 269 g/mol. The Hall–Kier alpha value is -2.07. The van der Waals surface area contributed by atoms with Crippen LogP contribution in [0.15, 0.2) is 42.6 Å². The first kappa shape index (κ1) is 12.9. The van der Waals surface area contributed by atoms with E-state index in [0.717, 1.165) is 12.1 Å². The van der Waals surface area contributed by atoms with E-state index in [1.165, 1.54) is 11.1 Å². The van der Waals surface area contributed by atoms with Crippen molar-refractivity contribution in [3.63, 3.8) is 0 Å². The molecule has 1 aromatic heterocycles. The number of nitrogens with two attached hydrogens (primary N) is 1. The number of benzene rings is 1. The maximum atomic E-state index is 6.20. The molecule has 1 heterocycles. The Labute approximate surface area is 119 Å². The van der Waals surface area contributed by atoms with E-state index >= 15 is 0 Å². The van der Waals surface area contributed by atoms with E-state index in [-0.39, 0.29) is 12.1 Å². The number of rotatable bonds is 4. The molecular formula is C16H19N3O. The first-order valence-electron chi connectivity index (χ1n) is 6.98. The number of pyridine rings is 1. The second-order valence-corrected chi connectivity index (χ2v) is 4.96. The molecule has 20 heavy (non-hydrogen) atoms. The molecule has 4 heteroatoms. The lowest BCUT2D eigenvalue weighted by atomic mass is 10.1. The molecule has 0 aliphatic heterocycles. The van der Waals surface area contributed by atoms with Gasteiger partial charge in [-0.05, 0) is 36.6 Å². The van der Waals surface area contributed by atoms with Gasteiger partial charge in [-0.15, -0.1) is 0 Å². The number of aromatic nitrogens is 1. The summed E-state index contributed by atoms with van der Waals surface area (Å²) in [5, 5.41) is 3.51. The number of hydrogen-bond acceptors (Lipinski definition) is 4. The Bertz CT molecular complexity index is 600. The van der Waals surface area contributed by atoms with E-state index in [1.54, 1.807) is 6.20 Å². The summed E-state index contributed by atoms with van der Waals surface area (Å²) in [5.41, 5.74) is 9.62. The normalized spacial score (nSPS) is 20.5. The van der Waals surface area contributed by atoms with Gasteiger partial charge in [0.25, 0.3) is 0 Å². The molecule has 4 nitrogen and oxygen atoms in total. The fourth-order valence-corrected chi connectivity index (χ4v) is 2.75. The third-order valence-electron chi connectivity index (χ3n) is 3.64. The Morgan fingerprint density at radius 3 is 2.85 bits per heavy atom. The Morgan fingerprint density at radius 2 is 2.05 bits per heavy atom. The lowest BCUT2D eigenvalue weighted by molar-refractivity contribution is 0.328. The van der Waals surface area contributed by atoms with Crippen LogP contribution in [0, 0.1) is 0 Å². The van der Waals surface area contributed by atoms with E-state index in [0.29, 0.717) is 12.5 Å². The zero-order valence-corrected chi connectivity index (χ0v) is 11.5. The van der Waals surface area contributed by atoms with Crippen LogP contribution in [0.3, 0.4) is 0 Å². The Kier molecular flexibility index (Phi) is 3.56. The topological polar surface area (TPSA) is 60.2 Å². The van der Waals surface area contributed by atoms with Gasteiger partial charge in [-0.2, -0.15) is 0 Å². The van der Waals surface area contributed by atoms with E-state index in [9.17, 15) is 0 Å². The average molecular weight is 269 g/mol. The zero-order valence-electron chi connectivity index (χ0n) is 11.5. The standard InChI is InChI=1S/C16H19N3O/c1-2-20-16-14(8-5-9-18-16)19-15-10-13(17)11-6-3-4-7-12(11)15/h3-9,13,15,19H,2,10,17H2,1H3. The number of nitrogens with zero attached hydrogens (tertiary/aromatic N) is 1. The third kappa shape index (κ3) is 2.34. The van der Waals surface area contributed by atoms with E-state index in [4.69, 9.17) is 10.5 Å². The Morgan fingerprint density at radius 1 is 1.25 bits per heavy atom. The van der Waals surface area contributed by atoms with Gasteiger partial charge in [-0.3, -0.25) is 0 Å². The van der Waals surface area contributed by atoms with Crippen molar-refractivity contribution in [2.45, 2.75) is 25.4 Å². The van der Waals surface area contributed by atoms with Crippen LogP contribution in [0.1, 0.15) is 36.6 Å². The molecule has 0 spiro atoms. The largest absolute Gasteiger partial charge is 0.476 e. The number of fused-ring (bicyclic) bond motifs is 1. The van der Waals surface area contributed by atoms with Crippen molar-refractivity contribution in [1.29, 1.82) is 0 Å². The minimum Gasteiger partial charge on any atom is -0.476 e. The van der Waals surface area contributed by atoms with Crippen LogP contribution in [0.4, 0.5) is 5.69 Å². The van der Waals surface area contributed by atoms with Gasteiger partial charge in [-0.25, -0.2) is 4.98 Å². The molecule has 2 atom stereocenters. The van der Waals surface area contributed by atoms with Crippen LogP contribution >= 0.6 is 0 Å². The van der Waals surface area contributed by atoms with Gasteiger partial charge in [0.1, 0.15) is 0 Å². The smallest absolute Gasteiger partial charge is 0.237 e. The van der Waals surface area contributed by atoms with Gasteiger partial charge < -0.3 is 15.8 Å². The van der Waals surface area contributed by atoms with Gasteiger partial charge in [-0.1, -0.05) is 24.3 Å². The van der Waals surface area contributed by atoms with Gasteiger partial charge in [0.05, 0.1) is 18.3 Å². The highest BCUT2D eigenvalue weighted by molar-refractivity contribution is 5.55. The van der Waals surface area contributed by atoms with Gasteiger partial charge in [0, 0.05) is 12.2 Å². The van der Waals surface area contributed by atoms with Crippen molar-refractivity contribution in [2.24, 2.45) is 5.73 Å². The summed E-state index contributed by atoms with van der Waals surface area (Å²) in [6.45, 7) is 2.56. The highest BCUT2D eigenvalue weighted by Crippen LogP contribution is 2.40. The summed E-state index contributed by atoms with van der Waals surface area (Å²) < 4.78 is 5.56. The maximum Gasteiger partial charge on any atom is 0.237 e. The van der Waals surface area contributed by atoms with Crippen molar-refractivity contribution < 1.29 is 4.74 Å². The second kappa shape index (κ2) is 5.51. The van der Waals surface area contributed by atoms with Crippen molar-refractivity contribution in [3.8, 4) is 5.88 Å².